The summed E-state index contributed by atoms with van der Waals surface area (Å²) in [5.74, 6) is -0.780. The van der Waals surface area contributed by atoms with E-state index in [1.54, 1.807) is 30.1 Å². The van der Waals surface area contributed by atoms with Crippen molar-refractivity contribution in [1.82, 2.24) is 19.7 Å². The quantitative estimate of drug-likeness (QED) is 0.550. The van der Waals surface area contributed by atoms with Gasteiger partial charge in [-0.25, -0.2) is 9.97 Å². The van der Waals surface area contributed by atoms with Gasteiger partial charge in [-0.15, -0.1) is 11.3 Å². The zero-order valence-electron chi connectivity index (χ0n) is 14.7. The van der Waals surface area contributed by atoms with Crippen LogP contribution < -0.4 is 0 Å². The van der Waals surface area contributed by atoms with E-state index in [4.69, 9.17) is 0 Å². The van der Waals surface area contributed by atoms with Crippen LogP contribution >= 0.6 is 11.3 Å². The van der Waals surface area contributed by atoms with Crippen molar-refractivity contribution in [2.75, 3.05) is 0 Å². The van der Waals surface area contributed by atoms with Gasteiger partial charge in [0.15, 0.2) is 11.2 Å². The fourth-order valence-electron chi connectivity index (χ4n) is 3.51. The first-order chi connectivity index (χ1) is 13.3. The second-order valence-corrected chi connectivity index (χ2v) is 8.21. The largest absolute Gasteiger partial charge is 0.422 e. The Bertz CT molecular complexity index is 1210. The molecular weight excluding hydrogens is 389 g/mol. The molecule has 28 heavy (non-hydrogen) atoms. The predicted octanol–water partition coefficient (Wildman–Crippen LogP) is 4.40. The number of thiophene rings is 1. The molecule has 0 amide bonds. The smallest absolute Gasteiger partial charge is 0.375 e. The number of alkyl halides is 3. The summed E-state index contributed by atoms with van der Waals surface area (Å²) in [6, 6.07) is 6.79. The molecule has 0 saturated heterocycles. The molecule has 0 aliphatic heterocycles. The molecule has 5 rings (SSSR count). The molecular formula is C19H15F3N4OS. The van der Waals surface area contributed by atoms with Gasteiger partial charge in [-0.3, -0.25) is 4.68 Å². The highest BCUT2D eigenvalue weighted by Crippen LogP contribution is 2.56. The van der Waals surface area contributed by atoms with Crippen molar-refractivity contribution in [2.45, 2.75) is 24.6 Å². The van der Waals surface area contributed by atoms with Gasteiger partial charge in [0.2, 0.25) is 0 Å². The van der Waals surface area contributed by atoms with Gasteiger partial charge in [-0.2, -0.15) is 18.3 Å². The highest BCUT2D eigenvalue weighted by atomic mass is 32.1. The van der Waals surface area contributed by atoms with Gasteiger partial charge in [0.1, 0.15) is 4.83 Å². The van der Waals surface area contributed by atoms with Crippen LogP contribution in [0.4, 0.5) is 13.2 Å². The molecule has 0 radical (unpaired) electrons. The molecule has 4 aromatic heterocycles. The Morgan fingerprint density at radius 2 is 1.96 bits per heavy atom. The third-order valence-electron chi connectivity index (χ3n) is 5.13. The van der Waals surface area contributed by atoms with Crippen molar-refractivity contribution < 1.29 is 18.3 Å². The lowest BCUT2D eigenvalue weighted by molar-refractivity contribution is -0.274. The van der Waals surface area contributed by atoms with Gasteiger partial charge in [-0.1, -0.05) is 0 Å². The molecule has 1 saturated carbocycles. The van der Waals surface area contributed by atoms with Gasteiger partial charge in [0.05, 0.1) is 5.69 Å². The van der Waals surface area contributed by atoms with Crippen LogP contribution in [0.15, 0.2) is 36.7 Å². The van der Waals surface area contributed by atoms with Crippen LogP contribution in [0.5, 0.6) is 0 Å². The normalized spacial score (nSPS) is 17.3. The number of rotatable bonds is 3. The Morgan fingerprint density at radius 1 is 1.18 bits per heavy atom. The molecule has 1 fully saturated rings. The van der Waals surface area contributed by atoms with Crippen LogP contribution in [0.25, 0.3) is 32.5 Å². The molecule has 4 aromatic rings. The lowest BCUT2D eigenvalue weighted by Crippen LogP contribution is -2.43. The monoisotopic (exact) mass is 404 g/mol. The molecule has 5 nitrogen and oxygen atoms in total. The second-order valence-electron chi connectivity index (χ2n) is 7.18. The standard InChI is InChI=1S/C19H15F3N4OS/c1-26-9-12-6-11(8-23-16(12)25-26)14-5-2-10-7-15(28-17(10)24-14)18(27,13-3-4-13)19(20,21)22/h2,5-9,13,27H,3-4H2,1H3/t18-/m0/s1. The van der Waals surface area contributed by atoms with Gasteiger partial charge in [-0.05, 0) is 37.1 Å². The summed E-state index contributed by atoms with van der Waals surface area (Å²) in [5.41, 5.74) is -0.813. The molecule has 0 unspecified atom stereocenters. The maximum absolute atomic E-state index is 13.6. The molecule has 1 atom stereocenters. The third kappa shape index (κ3) is 2.61. The maximum atomic E-state index is 13.6. The molecule has 0 bridgehead atoms. The van der Waals surface area contributed by atoms with Crippen molar-refractivity contribution in [2.24, 2.45) is 13.0 Å². The Balaban J connectivity index is 1.59. The number of hydrogen-bond donors (Lipinski definition) is 1. The molecule has 0 spiro atoms. The van der Waals surface area contributed by atoms with E-state index >= 15 is 0 Å². The van der Waals surface area contributed by atoms with E-state index in [1.165, 1.54) is 6.07 Å². The fraction of sp³-hybridized carbons (Fsp3) is 0.316. The van der Waals surface area contributed by atoms with Crippen molar-refractivity contribution in [3.8, 4) is 11.3 Å². The summed E-state index contributed by atoms with van der Waals surface area (Å²) in [7, 11) is 1.81. The number of aryl methyl sites for hydroxylation is 1. The highest BCUT2D eigenvalue weighted by Gasteiger charge is 2.63. The molecule has 144 valence electrons. The zero-order valence-corrected chi connectivity index (χ0v) is 15.6. The zero-order chi connectivity index (χ0) is 19.7. The van der Waals surface area contributed by atoms with Crippen LogP contribution in [-0.4, -0.2) is 31.0 Å². The lowest BCUT2D eigenvalue weighted by Gasteiger charge is -2.29. The lowest BCUT2D eigenvalue weighted by atomic mass is 9.94. The first-order valence-corrected chi connectivity index (χ1v) is 9.57. The van der Waals surface area contributed by atoms with E-state index in [0.717, 1.165) is 22.3 Å². The SMILES string of the molecule is Cn1cc2cc(-c3ccc4cc([C@@](O)(C5CC5)C(F)(F)F)sc4n3)cnc2n1. The average molecular weight is 404 g/mol. The van der Waals surface area contributed by atoms with Gasteiger partial charge in [0, 0.05) is 46.6 Å². The van der Waals surface area contributed by atoms with Crippen LogP contribution in [0.2, 0.25) is 0 Å². The summed E-state index contributed by atoms with van der Waals surface area (Å²) in [4.78, 5) is 9.20. The van der Waals surface area contributed by atoms with Crippen LogP contribution in [0, 0.1) is 5.92 Å². The van der Waals surface area contributed by atoms with E-state index in [-0.39, 0.29) is 4.88 Å². The van der Waals surface area contributed by atoms with Crippen LogP contribution in [0.1, 0.15) is 17.7 Å². The summed E-state index contributed by atoms with van der Waals surface area (Å²) in [6.07, 6.45) is -0.479. The van der Waals surface area contributed by atoms with Crippen LogP contribution in [0.3, 0.4) is 0 Å². The number of pyridine rings is 2. The summed E-state index contributed by atoms with van der Waals surface area (Å²) < 4.78 is 42.5. The minimum absolute atomic E-state index is 0.0945. The van der Waals surface area contributed by atoms with Crippen molar-refractivity contribution in [3.63, 3.8) is 0 Å². The third-order valence-corrected chi connectivity index (χ3v) is 6.30. The number of aliphatic hydroxyl groups is 1. The second kappa shape index (κ2) is 5.74. The van der Waals surface area contributed by atoms with E-state index in [9.17, 15) is 18.3 Å². The summed E-state index contributed by atoms with van der Waals surface area (Å²) in [6.45, 7) is 0. The summed E-state index contributed by atoms with van der Waals surface area (Å²) in [5, 5.41) is 16.2. The van der Waals surface area contributed by atoms with E-state index in [1.807, 2.05) is 12.3 Å². The van der Waals surface area contributed by atoms with Crippen molar-refractivity contribution >= 4 is 32.6 Å². The predicted molar refractivity (Wildman–Crippen MR) is 99.8 cm³/mol. The number of fused-ring (bicyclic) bond motifs is 2. The Hall–Kier alpha value is -2.52. The fourth-order valence-corrected chi connectivity index (χ4v) is 4.73. The van der Waals surface area contributed by atoms with Gasteiger partial charge < -0.3 is 5.11 Å². The molecule has 1 aliphatic carbocycles. The Kier molecular flexibility index (Phi) is 3.60. The van der Waals surface area contributed by atoms with Crippen LogP contribution in [-0.2, 0) is 12.6 Å². The Morgan fingerprint density at radius 3 is 2.68 bits per heavy atom. The number of aromatic nitrogens is 4. The average Bonchev–Trinajstić information content (AvgIpc) is 3.29. The van der Waals surface area contributed by atoms with Crippen molar-refractivity contribution in [3.05, 3.63) is 41.5 Å². The van der Waals surface area contributed by atoms with E-state index < -0.39 is 17.7 Å². The van der Waals surface area contributed by atoms with E-state index in [2.05, 4.69) is 15.1 Å². The molecule has 1 N–H and O–H groups in total. The van der Waals surface area contributed by atoms with E-state index in [0.29, 0.717) is 34.4 Å². The van der Waals surface area contributed by atoms with Crippen molar-refractivity contribution in [1.29, 1.82) is 0 Å². The number of nitrogens with zero attached hydrogens (tertiary/aromatic N) is 4. The number of hydrogen-bond acceptors (Lipinski definition) is 5. The maximum Gasteiger partial charge on any atom is 0.422 e. The number of halogens is 3. The van der Waals surface area contributed by atoms with Gasteiger partial charge >= 0.3 is 6.18 Å². The Labute approximate surface area is 161 Å². The molecule has 0 aromatic carbocycles. The minimum Gasteiger partial charge on any atom is -0.375 e. The molecule has 9 heteroatoms. The first kappa shape index (κ1) is 17.6. The first-order valence-electron chi connectivity index (χ1n) is 8.75. The summed E-state index contributed by atoms with van der Waals surface area (Å²) >= 11 is 0.898. The van der Waals surface area contributed by atoms with Gasteiger partial charge in [0.25, 0.3) is 0 Å². The molecule has 4 heterocycles. The topological polar surface area (TPSA) is 63.8 Å². The highest BCUT2D eigenvalue weighted by molar-refractivity contribution is 7.18. The minimum atomic E-state index is -4.72. The molecule has 1 aliphatic rings.